The number of benzene rings is 1. The van der Waals surface area contributed by atoms with E-state index < -0.39 is 17.9 Å². The zero-order valence-corrected chi connectivity index (χ0v) is 18.9. The highest BCUT2D eigenvalue weighted by atomic mass is 19.4. The number of carbonyl (C=O) groups excluding carboxylic acids is 2. The van der Waals surface area contributed by atoms with Crippen molar-refractivity contribution in [3.05, 3.63) is 41.0 Å². The molecule has 0 spiro atoms. The number of fused-ring (bicyclic) bond motifs is 2. The molecule has 2 aromatic rings. The third-order valence-corrected chi connectivity index (χ3v) is 7.25. The molecule has 5 rings (SSSR count). The van der Waals surface area contributed by atoms with Crippen LogP contribution in [0.4, 0.5) is 17.6 Å². The van der Waals surface area contributed by atoms with E-state index in [0.717, 1.165) is 30.3 Å². The average molecular weight is 495 g/mol. The zero-order valence-electron chi connectivity index (χ0n) is 18.9. The summed E-state index contributed by atoms with van der Waals surface area (Å²) in [6.07, 6.45) is -2.62. The third-order valence-electron chi connectivity index (χ3n) is 7.25. The molecule has 12 heteroatoms. The molecule has 8 nitrogen and oxygen atoms in total. The van der Waals surface area contributed by atoms with Gasteiger partial charge in [0.2, 0.25) is 11.8 Å². The highest BCUT2D eigenvalue weighted by molar-refractivity contribution is 5.80. The van der Waals surface area contributed by atoms with Gasteiger partial charge < -0.3 is 14.5 Å². The summed E-state index contributed by atoms with van der Waals surface area (Å²) < 4.78 is 54.7. The predicted molar refractivity (Wildman–Crippen MR) is 113 cm³/mol. The number of hydrogen-bond acceptors (Lipinski definition) is 5. The lowest BCUT2D eigenvalue weighted by Gasteiger charge is -2.27. The average Bonchev–Trinajstić information content (AvgIpc) is 3.51. The van der Waals surface area contributed by atoms with Crippen LogP contribution in [0, 0.1) is 23.6 Å². The third kappa shape index (κ3) is 5.10. The molecule has 1 N–H and O–H groups in total. The largest absolute Gasteiger partial charge is 0.573 e. The van der Waals surface area contributed by atoms with Gasteiger partial charge in [-0.1, -0.05) is 11.3 Å². The minimum absolute atomic E-state index is 0.0561. The number of aromatic amines is 1. The molecule has 0 bridgehead atoms. The lowest BCUT2D eigenvalue weighted by molar-refractivity contribution is -0.274. The monoisotopic (exact) mass is 495 g/mol. The Morgan fingerprint density at radius 3 is 2.51 bits per heavy atom. The number of alkyl halides is 3. The van der Waals surface area contributed by atoms with Crippen molar-refractivity contribution in [2.45, 2.75) is 38.5 Å². The molecule has 0 radical (unpaired) electrons. The van der Waals surface area contributed by atoms with Gasteiger partial charge in [0, 0.05) is 62.8 Å². The molecule has 3 heterocycles. The Balaban J connectivity index is 1.10. The van der Waals surface area contributed by atoms with E-state index in [1.54, 1.807) is 4.90 Å². The second kappa shape index (κ2) is 9.12. The quantitative estimate of drug-likeness (QED) is 0.644. The van der Waals surface area contributed by atoms with Crippen LogP contribution in [0.25, 0.3) is 0 Å². The van der Waals surface area contributed by atoms with Crippen molar-refractivity contribution in [3.63, 3.8) is 0 Å². The van der Waals surface area contributed by atoms with Gasteiger partial charge in [-0.25, -0.2) is 4.39 Å². The number of ether oxygens (including phenoxy) is 1. The van der Waals surface area contributed by atoms with Crippen LogP contribution in [-0.2, 0) is 28.9 Å². The fourth-order valence-corrected chi connectivity index (χ4v) is 5.46. The first-order chi connectivity index (χ1) is 16.7. The Bertz CT molecular complexity index is 1110. The van der Waals surface area contributed by atoms with E-state index in [2.05, 4.69) is 20.1 Å². The van der Waals surface area contributed by atoms with Crippen LogP contribution < -0.4 is 4.74 Å². The van der Waals surface area contributed by atoms with Gasteiger partial charge in [-0.15, -0.1) is 18.3 Å². The number of H-pyrrole nitrogens is 1. The maximum atomic E-state index is 14.2. The van der Waals surface area contributed by atoms with Crippen LogP contribution in [0.15, 0.2) is 18.2 Å². The second-order valence-corrected chi connectivity index (χ2v) is 9.54. The summed E-state index contributed by atoms with van der Waals surface area (Å²) in [5.41, 5.74) is 2.03. The van der Waals surface area contributed by atoms with E-state index in [-0.39, 0.29) is 48.0 Å². The molecule has 2 fully saturated rings. The zero-order chi connectivity index (χ0) is 24.7. The topological polar surface area (TPSA) is 91.4 Å². The molecule has 3 aliphatic rings. The van der Waals surface area contributed by atoms with Gasteiger partial charge in [0.05, 0.1) is 11.4 Å². The summed E-state index contributed by atoms with van der Waals surface area (Å²) in [6, 6.07) is 2.92. The predicted octanol–water partition coefficient (Wildman–Crippen LogP) is 2.50. The van der Waals surface area contributed by atoms with Crippen molar-refractivity contribution < 1.29 is 31.9 Å². The van der Waals surface area contributed by atoms with E-state index in [0.29, 0.717) is 38.7 Å². The van der Waals surface area contributed by atoms with Crippen LogP contribution in [0.5, 0.6) is 5.75 Å². The first-order valence-electron chi connectivity index (χ1n) is 11.7. The smallest absolute Gasteiger partial charge is 0.406 e. The molecule has 35 heavy (non-hydrogen) atoms. The van der Waals surface area contributed by atoms with Gasteiger partial charge in [-0.3, -0.25) is 14.7 Å². The van der Waals surface area contributed by atoms with Crippen molar-refractivity contribution in [3.8, 4) is 5.75 Å². The lowest BCUT2D eigenvalue weighted by Crippen LogP contribution is -2.40. The molecule has 0 unspecified atom stereocenters. The highest BCUT2D eigenvalue weighted by Crippen LogP contribution is 2.34. The first kappa shape index (κ1) is 23.6. The maximum absolute atomic E-state index is 14.2. The molecule has 2 amide bonds. The Labute approximate surface area is 198 Å². The van der Waals surface area contributed by atoms with Gasteiger partial charge in [-0.2, -0.15) is 0 Å². The number of rotatable bonds is 5. The van der Waals surface area contributed by atoms with Crippen molar-refractivity contribution in [1.82, 2.24) is 25.2 Å². The summed E-state index contributed by atoms with van der Waals surface area (Å²) in [5, 5.41) is 10.8. The van der Waals surface area contributed by atoms with Crippen LogP contribution in [-0.4, -0.2) is 69.6 Å². The Hall–Kier alpha value is -3.18. The molecule has 1 aromatic heterocycles. The van der Waals surface area contributed by atoms with Gasteiger partial charge in [0.15, 0.2) is 0 Å². The van der Waals surface area contributed by atoms with E-state index in [4.69, 9.17) is 0 Å². The Morgan fingerprint density at radius 1 is 1.11 bits per heavy atom. The van der Waals surface area contributed by atoms with Gasteiger partial charge in [0.25, 0.3) is 0 Å². The molecular formula is C23H25F4N5O3. The van der Waals surface area contributed by atoms with Gasteiger partial charge in [0.1, 0.15) is 11.6 Å². The van der Waals surface area contributed by atoms with Crippen molar-refractivity contribution in [2.75, 3.05) is 26.2 Å². The number of hydrogen-bond donors (Lipinski definition) is 1. The molecule has 1 aromatic carbocycles. The molecule has 1 aliphatic carbocycles. The summed E-state index contributed by atoms with van der Waals surface area (Å²) in [7, 11) is 0. The summed E-state index contributed by atoms with van der Waals surface area (Å²) in [4.78, 5) is 29.4. The number of halogens is 4. The van der Waals surface area contributed by atoms with E-state index >= 15 is 0 Å². The number of likely N-dealkylation sites (tertiary alicyclic amines) is 2. The Kier molecular flexibility index (Phi) is 6.14. The maximum Gasteiger partial charge on any atom is 0.573 e. The molecule has 2 saturated heterocycles. The number of nitrogens with zero attached hydrogens (tertiary/aromatic N) is 4. The van der Waals surface area contributed by atoms with Crippen LogP contribution in [0.3, 0.4) is 0 Å². The SMILES string of the molecule is O=C(CCc1ccc(OC(F)(F)F)cc1F)N1C[C@@H]2CN(C(=O)[C@@H]3CCc4[nH]nnc4C3)C[C@H]2C1. The molecule has 0 saturated carbocycles. The number of aryl methyl sites for hydroxylation is 2. The molecule has 188 valence electrons. The summed E-state index contributed by atoms with van der Waals surface area (Å²) in [6.45, 7) is 2.33. The first-order valence-corrected chi connectivity index (χ1v) is 11.7. The van der Waals surface area contributed by atoms with E-state index in [1.807, 2.05) is 4.90 Å². The highest BCUT2D eigenvalue weighted by Gasteiger charge is 2.44. The molecule has 3 atom stereocenters. The Morgan fingerprint density at radius 2 is 1.83 bits per heavy atom. The fraction of sp³-hybridized carbons (Fsp3) is 0.565. The minimum Gasteiger partial charge on any atom is -0.406 e. The number of aromatic nitrogens is 3. The van der Waals surface area contributed by atoms with Crippen LogP contribution in [0.2, 0.25) is 0 Å². The number of amides is 2. The summed E-state index contributed by atoms with van der Waals surface area (Å²) in [5.74, 6) is -1.13. The summed E-state index contributed by atoms with van der Waals surface area (Å²) >= 11 is 0. The fourth-order valence-electron chi connectivity index (χ4n) is 5.46. The van der Waals surface area contributed by atoms with Crippen molar-refractivity contribution in [1.29, 1.82) is 0 Å². The van der Waals surface area contributed by atoms with Crippen LogP contribution in [0.1, 0.15) is 29.8 Å². The molecule has 2 aliphatic heterocycles. The number of nitrogens with one attached hydrogen (secondary N) is 1. The van der Waals surface area contributed by atoms with Crippen molar-refractivity contribution in [2.24, 2.45) is 17.8 Å². The number of carbonyl (C=O) groups is 2. The van der Waals surface area contributed by atoms with Crippen LogP contribution >= 0.6 is 0 Å². The van der Waals surface area contributed by atoms with Crippen molar-refractivity contribution >= 4 is 11.8 Å². The van der Waals surface area contributed by atoms with E-state index in [9.17, 15) is 27.2 Å². The van der Waals surface area contributed by atoms with Gasteiger partial charge in [-0.05, 0) is 30.9 Å². The second-order valence-electron chi connectivity index (χ2n) is 9.54. The van der Waals surface area contributed by atoms with Gasteiger partial charge >= 0.3 is 6.36 Å². The normalized spacial score (nSPS) is 23.8. The molecular weight excluding hydrogens is 470 g/mol. The van der Waals surface area contributed by atoms with E-state index in [1.165, 1.54) is 6.07 Å². The minimum atomic E-state index is -4.89. The standard InChI is InChI=1S/C23H25F4N5O3/c24-18-8-17(35-23(25,26)27)4-1-13(18)3-6-21(33)31-9-15-11-32(12-16(15)10-31)22(34)14-2-5-19-20(7-14)29-30-28-19/h1,4,8,14-16H,2-3,5-7,9-12H2,(H,28,29,30)/t14-,15-,16-/m1/s1. The lowest BCUT2D eigenvalue weighted by atomic mass is 9.89.